The van der Waals surface area contributed by atoms with E-state index in [-0.39, 0.29) is 0 Å². The summed E-state index contributed by atoms with van der Waals surface area (Å²) in [4.78, 5) is 0. The quantitative estimate of drug-likeness (QED) is 0.371. The van der Waals surface area contributed by atoms with Crippen molar-refractivity contribution in [2.45, 2.75) is 13.1 Å². The van der Waals surface area contributed by atoms with E-state index in [2.05, 4.69) is 24.3 Å². The lowest BCUT2D eigenvalue weighted by molar-refractivity contribution is 0.0411. The van der Waals surface area contributed by atoms with E-state index in [1.807, 2.05) is 36.4 Å². The molecule has 0 aliphatic carbocycles. The number of hydrogen-bond donors (Lipinski definition) is 0. The van der Waals surface area contributed by atoms with Crippen LogP contribution in [-0.4, -0.2) is 48.4 Å². The van der Waals surface area contributed by atoms with Crippen molar-refractivity contribution in [1.82, 2.24) is 8.84 Å². The van der Waals surface area contributed by atoms with Gasteiger partial charge in [-0.1, -0.05) is 60.7 Å². The molecule has 0 heterocycles. The number of benzene rings is 2. The maximum absolute atomic E-state index is 6.18. The number of nitrogens with zero attached hydrogens (tertiary/aromatic N) is 2. The highest BCUT2D eigenvalue weighted by atomic mass is 35.5. The highest BCUT2D eigenvalue weighted by molar-refractivity contribution is 6.13. The molecule has 2 rings (SSSR count). The van der Waals surface area contributed by atoms with Gasteiger partial charge in [-0.3, -0.25) is 0 Å². The van der Waals surface area contributed by atoms with Gasteiger partial charge < -0.3 is 9.47 Å². The van der Waals surface area contributed by atoms with Gasteiger partial charge in [0.15, 0.2) is 0 Å². The van der Waals surface area contributed by atoms with Crippen LogP contribution in [0.3, 0.4) is 0 Å². The molecule has 0 N–H and O–H groups in total. The molecule has 6 heteroatoms. The highest BCUT2D eigenvalue weighted by Gasteiger charge is 2.03. The number of rotatable bonds is 13. The van der Waals surface area contributed by atoms with Crippen molar-refractivity contribution in [1.29, 1.82) is 0 Å². The zero-order chi connectivity index (χ0) is 18.5. The van der Waals surface area contributed by atoms with Gasteiger partial charge in [0.2, 0.25) is 0 Å². The molecule has 0 radical (unpaired) electrons. The third kappa shape index (κ3) is 9.53. The molecule has 2 aromatic rings. The van der Waals surface area contributed by atoms with Gasteiger partial charge in [-0.15, -0.1) is 0 Å². The SMILES string of the molecule is ClN(CCOCCOCCN(Cl)Cc1ccccc1)Cc1ccccc1. The van der Waals surface area contributed by atoms with Gasteiger partial charge in [-0.2, -0.15) is 0 Å². The van der Waals surface area contributed by atoms with Crippen LogP contribution in [0.5, 0.6) is 0 Å². The zero-order valence-electron chi connectivity index (χ0n) is 14.9. The maximum Gasteiger partial charge on any atom is 0.0701 e. The molecule has 0 aliphatic heterocycles. The molecule has 0 aliphatic rings. The third-order valence-electron chi connectivity index (χ3n) is 3.72. The van der Waals surface area contributed by atoms with E-state index >= 15 is 0 Å². The Morgan fingerprint density at radius 2 is 0.962 bits per heavy atom. The summed E-state index contributed by atoms with van der Waals surface area (Å²) in [5, 5.41) is 0. The molecule has 4 nitrogen and oxygen atoms in total. The molecule has 26 heavy (non-hydrogen) atoms. The van der Waals surface area contributed by atoms with Crippen LogP contribution in [0.2, 0.25) is 0 Å². The fourth-order valence-electron chi connectivity index (χ4n) is 2.37. The summed E-state index contributed by atoms with van der Waals surface area (Å²) in [6.45, 7) is 5.01. The summed E-state index contributed by atoms with van der Waals surface area (Å²) in [7, 11) is 0. The molecule has 142 valence electrons. The minimum atomic E-state index is 0.553. The predicted molar refractivity (Wildman–Crippen MR) is 107 cm³/mol. The summed E-state index contributed by atoms with van der Waals surface area (Å²) in [5.74, 6) is 0. The van der Waals surface area contributed by atoms with Gasteiger partial charge in [0, 0.05) is 26.2 Å². The van der Waals surface area contributed by atoms with Crippen LogP contribution >= 0.6 is 23.6 Å². The van der Waals surface area contributed by atoms with Crippen LogP contribution in [-0.2, 0) is 22.6 Å². The molecule has 0 atom stereocenters. The molecule has 0 saturated heterocycles. The number of ether oxygens (including phenoxy) is 2. The lowest BCUT2D eigenvalue weighted by Crippen LogP contribution is -2.20. The first-order valence-corrected chi connectivity index (χ1v) is 9.46. The molecule has 0 bridgehead atoms. The minimum absolute atomic E-state index is 0.553. The molecular weight excluding hydrogens is 371 g/mol. The fourth-order valence-corrected chi connectivity index (χ4v) is 2.78. The Labute approximate surface area is 166 Å². The Hall–Kier alpha value is -1.14. The zero-order valence-corrected chi connectivity index (χ0v) is 16.4. The van der Waals surface area contributed by atoms with Crippen LogP contribution < -0.4 is 0 Å². The monoisotopic (exact) mass is 396 g/mol. The largest absolute Gasteiger partial charge is 0.378 e. The van der Waals surface area contributed by atoms with Gasteiger partial charge in [0.05, 0.1) is 26.4 Å². The normalized spacial score (nSPS) is 11.4. The first-order chi connectivity index (χ1) is 12.7. The smallest absolute Gasteiger partial charge is 0.0701 e. The Morgan fingerprint density at radius 3 is 1.35 bits per heavy atom. The Bertz CT molecular complexity index is 533. The van der Waals surface area contributed by atoms with Crippen molar-refractivity contribution in [3.05, 3.63) is 71.8 Å². The summed E-state index contributed by atoms with van der Waals surface area (Å²) in [6, 6.07) is 20.3. The van der Waals surface area contributed by atoms with Crippen LogP contribution in [0.1, 0.15) is 11.1 Å². The van der Waals surface area contributed by atoms with E-state index in [9.17, 15) is 0 Å². The van der Waals surface area contributed by atoms with Crippen LogP contribution in [0, 0.1) is 0 Å². The minimum Gasteiger partial charge on any atom is -0.378 e. The van der Waals surface area contributed by atoms with E-state index in [4.69, 9.17) is 33.0 Å². The van der Waals surface area contributed by atoms with E-state index < -0.39 is 0 Å². The average Bonchev–Trinajstić information content (AvgIpc) is 2.65. The standard InChI is InChI=1S/C20H26Cl2N2O2/c21-23(17-19-7-3-1-4-8-19)11-13-25-15-16-26-14-12-24(22)18-20-9-5-2-6-10-20/h1-10H,11-18H2. The first-order valence-electron chi connectivity index (χ1n) is 8.79. The number of halogens is 2. The van der Waals surface area contributed by atoms with Gasteiger partial charge >= 0.3 is 0 Å². The van der Waals surface area contributed by atoms with Gasteiger partial charge in [-0.05, 0) is 34.7 Å². The molecule has 2 aromatic carbocycles. The van der Waals surface area contributed by atoms with Crippen LogP contribution in [0.25, 0.3) is 0 Å². The molecule has 0 unspecified atom stereocenters. The summed E-state index contributed by atoms with van der Waals surface area (Å²) >= 11 is 12.4. The number of hydrogen-bond acceptors (Lipinski definition) is 4. The Kier molecular flexibility index (Phi) is 10.7. The van der Waals surface area contributed by atoms with Gasteiger partial charge in [-0.25, -0.2) is 8.84 Å². The topological polar surface area (TPSA) is 24.9 Å². The predicted octanol–water partition coefficient (Wildman–Crippen LogP) is 4.33. The first kappa shape index (κ1) is 21.2. The van der Waals surface area contributed by atoms with Crippen molar-refractivity contribution in [2.75, 3.05) is 39.5 Å². The molecule has 0 spiro atoms. The van der Waals surface area contributed by atoms with Crippen LogP contribution in [0.4, 0.5) is 0 Å². The van der Waals surface area contributed by atoms with E-state index in [1.54, 1.807) is 8.84 Å². The lowest BCUT2D eigenvalue weighted by atomic mass is 10.2. The van der Waals surface area contributed by atoms with Crippen molar-refractivity contribution in [3.63, 3.8) is 0 Å². The summed E-state index contributed by atoms with van der Waals surface area (Å²) < 4.78 is 14.5. The van der Waals surface area contributed by atoms with Crippen molar-refractivity contribution < 1.29 is 9.47 Å². The lowest BCUT2D eigenvalue weighted by Gasteiger charge is -2.15. The molecule has 0 saturated carbocycles. The molecule has 0 amide bonds. The second-order valence-corrected chi connectivity index (χ2v) is 6.84. The van der Waals surface area contributed by atoms with E-state index in [0.717, 1.165) is 0 Å². The van der Waals surface area contributed by atoms with Crippen molar-refractivity contribution >= 4 is 23.6 Å². The second kappa shape index (κ2) is 13.1. The molecular formula is C20H26Cl2N2O2. The summed E-state index contributed by atoms with van der Waals surface area (Å²) in [6.07, 6.45) is 0. The molecule has 0 aromatic heterocycles. The molecule has 0 fully saturated rings. The van der Waals surface area contributed by atoms with Crippen molar-refractivity contribution in [2.24, 2.45) is 0 Å². The average molecular weight is 397 g/mol. The Balaban J connectivity index is 1.42. The van der Waals surface area contributed by atoms with Crippen molar-refractivity contribution in [3.8, 4) is 0 Å². The summed E-state index contributed by atoms with van der Waals surface area (Å²) in [5.41, 5.74) is 2.37. The fraction of sp³-hybridized carbons (Fsp3) is 0.400. The maximum atomic E-state index is 6.18. The third-order valence-corrected chi connectivity index (χ3v) is 4.30. The van der Waals surface area contributed by atoms with Crippen LogP contribution in [0.15, 0.2) is 60.7 Å². The second-order valence-electron chi connectivity index (χ2n) is 5.88. The Morgan fingerprint density at radius 1 is 0.577 bits per heavy atom. The van der Waals surface area contributed by atoms with E-state index in [0.29, 0.717) is 52.6 Å². The van der Waals surface area contributed by atoms with Gasteiger partial charge in [0.25, 0.3) is 0 Å². The van der Waals surface area contributed by atoms with E-state index in [1.165, 1.54) is 11.1 Å². The highest BCUT2D eigenvalue weighted by Crippen LogP contribution is 2.07. The van der Waals surface area contributed by atoms with Gasteiger partial charge in [0.1, 0.15) is 0 Å².